The third-order valence-corrected chi connectivity index (χ3v) is 3.31. The maximum Gasteiger partial charge on any atom is 0.122 e. The lowest BCUT2D eigenvalue weighted by Gasteiger charge is -2.15. The van der Waals surface area contributed by atoms with Crippen LogP contribution in [0.15, 0.2) is 22.7 Å². The standard InChI is InChI=1S/C13H20BrNO/c1-4-10(5-2)9-15-12-6-11(14)7-13(8-12)16-3/h6-8,10,15H,4-5,9H2,1-3H3. The maximum absolute atomic E-state index is 5.23. The molecule has 0 spiro atoms. The lowest BCUT2D eigenvalue weighted by molar-refractivity contribution is 0.414. The van der Waals surface area contributed by atoms with Crippen LogP contribution >= 0.6 is 15.9 Å². The number of anilines is 1. The molecule has 2 nitrogen and oxygen atoms in total. The number of hydrogen-bond acceptors (Lipinski definition) is 2. The van der Waals surface area contributed by atoms with Crippen LogP contribution in [-0.4, -0.2) is 13.7 Å². The van der Waals surface area contributed by atoms with Crippen LogP contribution in [0, 0.1) is 5.92 Å². The molecule has 0 saturated carbocycles. The first kappa shape index (κ1) is 13.4. The predicted molar refractivity (Wildman–Crippen MR) is 73.3 cm³/mol. The summed E-state index contributed by atoms with van der Waals surface area (Å²) in [5, 5.41) is 3.45. The van der Waals surface area contributed by atoms with Gasteiger partial charge in [-0.3, -0.25) is 0 Å². The van der Waals surface area contributed by atoms with Crippen LogP contribution in [0.4, 0.5) is 5.69 Å². The first-order valence-corrected chi connectivity index (χ1v) is 6.57. The quantitative estimate of drug-likeness (QED) is 0.841. The van der Waals surface area contributed by atoms with Gasteiger partial charge in [0.15, 0.2) is 0 Å². The summed E-state index contributed by atoms with van der Waals surface area (Å²) in [6, 6.07) is 6.06. The van der Waals surface area contributed by atoms with Crippen molar-refractivity contribution in [2.75, 3.05) is 19.0 Å². The Morgan fingerprint density at radius 3 is 2.50 bits per heavy atom. The molecule has 0 fully saturated rings. The molecule has 0 amide bonds. The van der Waals surface area contributed by atoms with Crippen LogP contribution in [0.25, 0.3) is 0 Å². The van der Waals surface area contributed by atoms with E-state index in [0.717, 1.165) is 28.4 Å². The van der Waals surface area contributed by atoms with E-state index < -0.39 is 0 Å². The van der Waals surface area contributed by atoms with Crippen molar-refractivity contribution in [1.82, 2.24) is 0 Å². The minimum Gasteiger partial charge on any atom is -0.497 e. The number of nitrogens with one attached hydrogen (secondary N) is 1. The lowest BCUT2D eigenvalue weighted by atomic mass is 10.0. The molecule has 1 aromatic rings. The minimum absolute atomic E-state index is 0.741. The zero-order valence-electron chi connectivity index (χ0n) is 10.2. The van der Waals surface area contributed by atoms with Gasteiger partial charge in [0, 0.05) is 22.8 Å². The average Bonchev–Trinajstić information content (AvgIpc) is 2.29. The van der Waals surface area contributed by atoms with Crippen molar-refractivity contribution in [2.45, 2.75) is 26.7 Å². The normalized spacial score (nSPS) is 10.6. The highest BCUT2D eigenvalue weighted by molar-refractivity contribution is 9.10. The van der Waals surface area contributed by atoms with E-state index in [1.807, 2.05) is 12.1 Å². The lowest BCUT2D eigenvalue weighted by Crippen LogP contribution is -2.12. The monoisotopic (exact) mass is 285 g/mol. The fourth-order valence-corrected chi connectivity index (χ4v) is 2.09. The molecule has 0 aliphatic heterocycles. The summed E-state index contributed by atoms with van der Waals surface area (Å²) in [6.45, 7) is 5.49. The highest BCUT2D eigenvalue weighted by Crippen LogP contribution is 2.24. The second-order valence-electron chi connectivity index (χ2n) is 3.94. The van der Waals surface area contributed by atoms with Gasteiger partial charge in [0.05, 0.1) is 7.11 Å². The van der Waals surface area contributed by atoms with Gasteiger partial charge in [-0.15, -0.1) is 0 Å². The molecule has 0 radical (unpaired) electrons. The van der Waals surface area contributed by atoms with Gasteiger partial charge in [0.25, 0.3) is 0 Å². The molecule has 0 atom stereocenters. The van der Waals surface area contributed by atoms with Gasteiger partial charge in [-0.05, 0) is 18.1 Å². The van der Waals surface area contributed by atoms with Crippen molar-refractivity contribution < 1.29 is 4.74 Å². The third kappa shape index (κ3) is 4.05. The fourth-order valence-electron chi connectivity index (χ4n) is 1.62. The Bertz CT molecular complexity index is 324. The number of halogens is 1. The zero-order valence-corrected chi connectivity index (χ0v) is 11.8. The fraction of sp³-hybridized carbons (Fsp3) is 0.538. The Labute approximate surface area is 107 Å². The van der Waals surface area contributed by atoms with E-state index in [9.17, 15) is 0 Å². The van der Waals surface area contributed by atoms with Crippen LogP contribution in [-0.2, 0) is 0 Å². The molecule has 0 unspecified atom stereocenters. The van der Waals surface area contributed by atoms with Crippen molar-refractivity contribution in [3.63, 3.8) is 0 Å². The second-order valence-corrected chi connectivity index (χ2v) is 4.86. The van der Waals surface area contributed by atoms with Gasteiger partial charge in [-0.2, -0.15) is 0 Å². The highest BCUT2D eigenvalue weighted by atomic mass is 79.9. The Morgan fingerprint density at radius 2 is 1.94 bits per heavy atom. The summed E-state index contributed by atoms with van der Waals surface area (Å²) in [7, 11) is 1.69. The summed E-state index contributed by atoms with van der Waals surface area (Å²) in [5.41, 5.74) is 1.11. The summed E-state index contributed by atoms with van der Waals surface area (Å²) in [4.78, 5) is 0. The molecule has 90 valence electrons. The predicted octanol–water partition coefficient (Wildman–Crippen LogP) is 4.31. The maximum atomic E-state index is 5.23. The first-order valence-electron chi connectivity index (χ1n) is 5.78. The van der Waals surface area contributed by atoms with Gasteiger partial charge in [0.2, 0.25) is 0 Å². The largest absolute Gasteiger partial charge is 0.497 e. The van der Waals surface area contributed by atoms with E-state index in [4.69, 9.17) is 4.74 Å². The number of methoxy groups -OCH3 is 1. The molecule has 16 heavy (non-hydrogen) atoms. The van der Waals surface area contributed by atoms with Crippen LogP contribution < -0.4 is 10.1 Å². The van der Waals surface area contributed by atoms with Crippen molar-refractivity contribution in [2.24, 2.45) is 5.92 Å². The molecule has 0 aromatic heterocycles. The highest BCUT2D eigenvalue weighted by Gasteiger charge is 2.04. The second kappa shape index (κ2) is 6.79. The van der Waals surface area contributed by atoms with E-state index in [0.29, 0.717) is 0 Å². The third-order valence-electron chi connectivity index (χ3n) is 2.86. The van der Waals surface area contributed by atoms with E-state index in [1.165, 1.54) is 12.8 Å². The number of hydrogen-bond donors (Lipinski definition) is 1. The van der Waals surface area contributed by atoms with Gasteiger partial charge < -0.3 is 10.1 Å². The molecule has 0 aliphatic rings. The van der Waals surface area contributed by atoms with Gasteiger partial charge in [-0.1, -0.05) is 42.6 Å². The molecule has 0 saturated heterocycles. The molecule has 0 bridgehead atoms. The SMILES string of the molecule is CCC(CC)CNc1cc(Br)cc(OC)c1. The molecular weight excluding hydrogens is 266 g/mol. The van der Waals surface area contributed by atoms with E-state index >= 15 is 0 Å². The zero-order chi connectivity index (χ0) is 12.0. The summed E-state index contributed by atoms with van der Waals surface area (Å²) >= 11 is 3.47. The molecule has 1 aromatic carbocycles. The van der Waals surface area contributed by atoms with Crippen molar-refractivity contribution in [1.29, 1.82) is 0 Å². The Morgan fingerprint density at radius 1 is 1.25 bits per heavy atom. The Hall–Kier alpha value is -0.700. The van der Waals surface area contributed by atoms with E-state index in [2.05, 4.69) is 41.2 Å². The molecule has 1 rings (SSSR count). The number of benzene rings is 1. The summed E-state index contributed by atoms with van der Waals surface area (Å²) in [6.07, 6.45) is 2.43. The van der Waals surface area contributed by atoms with Crippen LogP contribution in [0.1, 0.15) is 26.7 Å². The first-order chi connectivity index (χ1) is 7.69. The summed E-state index contributed by atoms with van der Waals surface area (Å²) in [5.74, 6) is 1.62. The summed E-state index contributed by atoms with van der Waals surface area (Å²) < 4.78 is 6.27. The molecular formula is C13H20BrNO. The van der Waals surface area contributed by atoms with Crippen molar-refractivity contribution in [3.8, 4) is 5.75 Å². The van der Waals surface area contributed by atoms with Gasteiger partial charge >= 0.3 is 0 Å². The Kier molecular flexibility index (Phi) is 5.67. The topological polar surface area (TPSA) is 21.3 Å². The number of rotatable bonds is 6. The average molecular weight is 286 g/mol. The molecule has 0 aliphatic carbocycles. The van der Waals surface area contributed by atoms with E-state index in [-0.39, 0.29) is 0 Å². The van der Waals surface area contributed by atoms with Crippen LogP contribution in [0.2, 0.25) is 0 Å². The molecule has 1 N–H and O–H groups in total. The van der Waals surface area contributed by atoms with Crippen molar-refractivity contribution in [3.05, 3.63) is 22.7 Å². The van der Waals surface area contributed by atoms with Gasteiger partial charge in [0.1, 0.15) is 5.75 Å². The van der Waals surface area contributed by atoms with E-state index in [1.54, 1.807) is 7.11 Å². The van der Waals surface area contributed by atoms with Crippen LogP contribution in [0.3, 0.4) is 0 Å². The molecule has 3 heteroatoms. The molecule has 0 heterocycles. The smallest absolute Gasteiger partial charge is 0.122 e. The van der Waals surface area contributed by atoms with Gasteiger partial charge in [-0.25, -0.2) is 0 Å². The number of ether oxygens (including phenoxy) is 1. The Balaban J connectivity index is 2.62. The van der Waals surface area contributed by atoms with Crippen LogP contribution in [0.5, 0.6) is 5.75 Å². The van der Waals surface area contributed by atoms with Crippen molar-refractivity contribution >= 4 is 21.6 Å². The minimum atomic E-state index is 0.741.